The molecule has 0 unspecified atom stereocenters. The molecule has 0 radical (unpaired) electrons. The summed E-state index contributed by atoms with van der Waals surface area (Å²) in [5.74, 6) is -2.99. The van der Waals surface area contributed by atoms with Crippen LogP contribution in [0.3, 0.4) is 0 Å². The van der Waals surface area contributed by atoms with Crippen LogP contribution in [0.4, 0.5) is 23.2 Å². The van der Waals surface area contributed by atoms with E-state index in [1.54, 1.807) is 6.92 Å². The van der Waals surface area contributed by atoms with Crippen molar-refractivity contribution in [1.29, 1.82) is 0 Å². The highest BCUT2D eigenvalue weighted by atomic mass is 19.4. The molecule has 0 fully saturated rings. The number of aromatic carboxylic acids is 1. The number of carboxylic acids is 1. The van der Waals surface area contributed by atoms with Crippen LogP contribution in [-0.2, 0) is 11.0 Å². The number of amides is 1. The third-order valence-corrected chi connectivity index (χ3v) is 3.63. The first-order chi connectivity index (χ1) is 12.6. The molecule has 8 heteroatoms. The highest BCUT2D eigenvalue weighted by Crippen LogP contribution is 2.32. The number of halogens is 4. The Balaban J connectivity index is 2.33. The maximum atomic E-state index is 13.3. The number of hydrogen-bond donors (Lipinski definition) is 2. The van der Waals surface area contributed by atoms with Gasteiger partial charge >= 0.3 is 12.1 Å². The molecule has 0 aliphatic heterocycles. The maximum absolute atomic E-state index is 13.3. The first kappa shape index (κ1) is 20.2. The predicted molar refractivity (Wildman–Crippen MR) is 92.7 cm³/mol. The van der Waals surface area contributed by atoms with Crippen molar-refractivity contribution in [1.82, 2.24) is 0 Å². The van der Waals surface area contributed by atoms with Gasteiger partial charge in [0.1, 0.15) is 5.82 Å². The minimum Gasteiger partial charge on any atom is -0.478 e. The van der Waals surface area contributed by atoms with Crippen LogP contribution in [-0.4, -0.2) is 17.0 Å². The number of carboxylic acid groups (broad SMARTS) is 1. The molecule has 0 spiro atoms. The van der Waals surface area contributed by atoms with E-state index in [-0.39, 0.29) is 29.1 Å². The largest absolute Gasteiger partial charge is 0.478 e. The Morgan fingerprint density at radius 2 is 1.67 bits per heavy atom. The van der Waals surface area contributed by atoms with Gasteiger partial charge in [-0.05, 0) is 35.4 Å². The van der Waals surface area contributed by atoms with E-state index >= 15 is 0 Å². The number of rotatable bonds is 5. The van der Waals surface area contributed by atoms with E-state index < -0.39 is 23.5 Å². The topological polar surface area (TPSA) is 66.4 Å². The van der Waals surface area contributed by atoms with Gasteiger partial charge in [-0.3, -0.25) is 4.79 Å². The van der Waals surface area contributed by atoms with Crippen LogP contribution >= 0.6 is 0 Å². The van der Waals surface area contributed by atoms with E-state index in [1.165, 1.54) is 36.4 Å². The lowest BCUT2D eigenvalue weighted by molar-refractivity contribution is -0.140. The van der Waals surface area contributed by atoms with E-state index in [2.05, 4.69) is 5.32 Å². The minimum atomic E-state index is -4.82. The second-order valence-corrected chi connectivity index (χ2v) is 5.58. The second kappa shape index (κ2) is 8.03. The average molecular weight is 381 g/mol. The summed E-state index contributed by atoms with van der Waals surface area (Å²) in [6.07, 6.45) is -1.94. The molecular weight excluding hydrogens is 366 g/mol. The van der Waals surface area contributed by atoms with Crippen molar-refractivity contribution in [2.45, 2.75) is 19.5 Å². The number of hydrogen-bond acceptors (Lipinski definition) is 2. The van der Waals surface area contributed by atoms with Gasteiger partial charge in [0.05, 0.1) is 16.8 Å². The fourth-order valence-electron chi connectivity index (χ4n) is 2.25. The van der Waals surface area contributed by atoms with Crippen molar-refractivity contribution < 1.29 is 32.3 Å². The molecule has 0 aliphatic rings. The zero-order chi connectivity index (χ0) is 20.2. The number of carbonyl (C=O) groups is 2. The monoisotopic (exact) mass is 381 g/mol. The van der Waals surface area contributed by atoms with E-state index in [4.69, 9.17) is 0 Å². The number of nitrogens with one attached hydrogen (secondary N) is 1. The van der Waals surface area contributed by atoms with Crippen LogP contribution in [0.5, 0.6) is 0 Å². The molecule has 142 valence electrons. The van der Waals surface area contributed by atoms with E-state index in [0.717, 1.165) is 0 Å². The van der Waals surface area contributed by atoms with Crippen molar-refractivity contribution in [3.05, 3.63) is 64.5 Å². The molecule has 2 N–H and O–H groups in total. The maximum Gasteiger partial charge on any atom is 0.419 e. The van der Waals surface area contributed by atoms with E-state index in [9.17, 15) is 32.3 Å². The summed E-state index contributed by atoms with van der Waals surface area (Å²) >= 11 is 0. The first-order valence-corrected chi connectivity index (χ1v) is 7.84. The minimum absolute atomic E-state index is 0.101. The summed E-state index contributed by atoms with van der Waals surface area (Å²) < 4.78 is 51.5. The third kappa shape index (κ3) is 5.16. The Morgan fingerprint density at radius 3 is 2.22 bits per heavy atom. The predicted octanol–water partition coefficient (Wildman–Crippen LogP) is 5.06. The van der Waals surface area contributed by atoms with Gasteiger partial charge in [-0.1, -0.05) is 31.2 Å². The Labute approximate surface area is 152 Å². The molecule has 4 nitrogen and oxygen atoms in total. The van der Waals surface area contributed by atoms with Crippen LogP contribution in [0, 0.1) is 5.82 Å². The molecular formula is C19H15F4NO3. The number of carbonyl (C=O) groups excluding carboxylic acids is 1. The summed E-state index contributed by atoms with van der Waals surface area (Å²) in [4.78, 5) is 22.8. The number of alkyl halides is 3. The first-order valence-electron chi connectivity index (χ1n) is 7.84. The van der Waals surface area contributed by atoms with Gasteiger partial charge in [0, 0.05) is 6.42 Å². The van der Waals surface area contributed by atoms with Gasteiger partial charge < -0.3 is 10.4 Å². The van der Waals surface area contributed by atoms with Crippen LogP contribution in [0.25, 0.3) is 12.2 Å². The molecule has 2 rings (SSSR count). The summed E-state index contributed by atoms with van der Waals surface area (Å²) in [6.45, 7) is 1.62. The molecule has 27 heavy (non-hydrogen) atoms. The molecule has 0 saturated heterocycles. The fraction of sp³-hybridized carbons (Fsp3) is 0.158. The van der Waals surface area contributed by atoms with Gasteiger partial charge in [-0.15, -0.1) is 0 Å². The zero-order valence-corrected chi connectivity index (χ0v) is 14.1. The van der Waals surface area contributed by atoms with Crippen molar-refractivity contribution >= 4 is 29.7 Å². The standard InChI is InChI=1S/C19H15F4NO3/c1-2-17(25)24-16-8-6-11(9-13(16)18(26)27)3-4-12-5-7-15(20)14(10-12)19(21,22)23/h3-10H,2H2,1H3,(H,24,25)(H,26,27). The molecule has 0 atom stereocenters. The zero-order valence-electron chi connectivity index (χ0n) is 14.1. The molecule has 0 bridgehead atoms. The lowest BCUT2D eigenvalue weighted by atomic mass is 10.1. The molecule has 1 amide bonds. The van der Waals surface area contributed by atoms with Crippen LogP contribution in [0.2, 0.25) is 0 Å². The third-order valence-electron chi connectivity index (χ3n) is 3.63. The normalized spacial score (nSPS) is 11.6. The number of benzene rings is 2. The highest BCUT2D eigenvalue weighted by molar-refractivity contribution is 6.01. The van der Waals surface area contributed by atoms with Gasteiger partial charge in [0.15, 0.2) is 0 Å². The van der Waals surface area contributed by atoms with E-state index in [0.29, 0.717) is 17.7 Å². The van der Waals surface area contributed by atoms with Gasteiger partial charge in [-0.25, -0.2) is 9.18 Å². The second-order valence-electron chi connectivity index (χ2n) is 5.58. The SMILES string of the molecule is CCC(=O)Nc1ccc(C=Cc2ccc(F)c(C(F)(F)F)c2)cc1C(=O)O. The molecule has 2 aromatic rings. The van der Waals surface area contributed by atoms with Crippen LogP contribution in [0.15, 0.2) is 36.4 Å². The smallest absolute Gasteiger partial charge is 0.419 e. The van der Waals surface area contributed by atoms with Crippen molar-refractivity contribution in [3.8, 4) is 0 Å². The van der Waals surface area contributed by atoms with Gasteiger partial charge in [0.2, 0.25) is 5.91 Å². The molecule has 0 aromatic heterocycles. The van der Waals surface area contributed by atoms with Gasteiger partial charge in [-0.2, -0.15) is 13.2 Å². The van der Waals surface area contributed by atoms with Crippen LogP contribution < -0.4 is 5.32 Å². The van der Waals surface area contributed by atoms with Crippen molar-refractivity contribution in [2.75, 3.05) is 5.32 Å². The van der Waals surface area contributed by atoms with Gasteiger partial charge in [0.25, 0.3) is 0 Å². The lowest BCUT2D eigenvalue weighted by Gasteiger charge is -2.09. The van der Waals surface area contributed by atoms with Crippen molar-refractivity contribution in [3.63, 3.8) is 0 Å². The average Bonchev–Trinajstić information content (AvgIpc) is 2.60. The quantitative estimate of drug-likeness (QED) is 0.562. The Hall–Kier alpha value is -3.16. The highest BCUT2D eigenvalue weighted by Gasteiger charge is 2.33. The molecule has 0 heterocycles. The summed E-state index contributed by atoms with van der Waals surface area (Å²) in [7, 11) is 0. The van der Waals surface area contributed by atoms with E-state index in [1.807, 2.05) is 0 Å². The molecule has 0 saturated carbocycles. The summed E-state index contributed by atoms with van der Waals surface area (Å²) in [5.41, 5.74) is -0.932. The Bertz CT molecular complexity index is 904. The Morgan fingerprint density at radius 1 is 1.07 bits per heavy atom. The molecule has 0 aliphatic carbocycles. The number of anilines is 1. The fourth-order valence-corrected chi connectivity index (χ4v) is 2.25. The Kier molecular flexibility index (Phi) is 5.99. The molecule has 2 aromatic carbocycles. The lowest BCUT2D eigenvalue weighted by Crippen LogP contribution is -2.13. The van der Waals surface area contributed by atoms with Crippen LogP contribution in [0.1, 0.15) is 40.4 Å². The summed E-state index contributed by atoms with van der Waals surface area (Å²) in [6, 6.07) is 6.73. The van der Waals surface area contributed by atoms with Crippen molar-refractivity contribution in [2.24, 2.45) is 0 Å². The summed E-state index contributed by atoms with van der Waals surface area (Å²) in [5, 5.41) is 11.7.